The van der Waals surface area contributed by atoms with E-state index in [9.17, 15) is 14.9 Å². The van der Waals surface area contributed by atoms with Crippen LogP contribution in [0.3, 0.4) is 0 Å². The molecule has 1 aliphatic rings. The molecule has 146 valence electrons. The van der Waals surface area contributed by atoms with Crippen molar-refractivity contribution < 1.29 is 19.2 Å². The number of carbonyl (C=O) groups excluding carboxylic acids is 1. The molecule has 1 amide bonds. The van der Waals surface area contributed by atoms with Crippen molar-refractivity contribution in [3.05, 3.63) is 64.0 Å². The molecule has 0 aliphatic carbocycles. The average Bonchev–Trinajstić information content (AvgIpc) is 3.31. The number of anilines is 1. The van der Waals surface area contributed by atoms with Crippen molar-refractivity contribution in [2.24, 2.45) is 0 Å². The maximum Gasteiger partial charge on any atom is 0.280 e. The molecule has 0 fully saturated rings. The normalized spacial score (nSPS) is 12.3. The molecule has 1 aromatic carbocycles. The van der Waals surface area contributed by atoms with Crippen molar-refractivity contribution in [3.8, 4) is 22.1 Å². The average molecular weight is 410 g/mol. The fourth-order valence-electron chi connectivity index (χ4n) is 2.74. The van der Waals surface area contributed by atoms with Gasteiger partial charge in [-0.1, -0.05) is 17.4 Å². The summed E-state index contributed by atoms with van der Waals surface area (Å²) >= 11 is 1.30. The highest BCUT2D eigenvalue weighted by Crippen LogP contribution is 2.38. The van der Waals surface area contributed by atoms with Crippen LogP contribution in [0.25, 0.3) is 16.6 Å². The number of ether oxygens (including phenoxy) is 2. The lowest BCUT2D eigenvalue weighted by atomic mass is 10.1. The Hall–Kier alpha value is -3.79. The summed E-state index contributed by atoms with van der Waals surface area (Å²) < 4.78 is 10.4. The van der Waals surface area contributed by atoms with Crippen LogP contribution in [0.2, 0.25) is 0 Å². The van der Waals surface area contributed by atoms with E-state index in [1.54, 1.807) is 6.20 Å². The summed E-state index contributed by atoms with van der Waals surface area (Å²) in [6.45, 7) is 1.84. The number of amides is 1. The van der Waals surface area contributed by atoms with Crippen molar-refractivity contribution in [1.29, 1.82) is 0 Å². The summed E-state index contributed by atoms with van der Waals surface area (Å²) in [5.74, 6) is 0.239. The van der Waals surface area contributed by atoms with E-state index >= 15 is 0 Å². The second-order valence-electron chi connectivity index (χ2n) is 5.99. The first-order valence-corrected chi connectivity index (χ1v) is 9.29. The van der Waals surface area contributed by atoms with Crippen molar-refractivity contribution in [2.45, 2.75) is 6.92 Å². The van der Waals surface area contributed by atoms with Crippen LogP contribution in [0.4, 0.5) is 10.8 Å². The SMILES string of the molecule is Cc1nc(NC(=O)C=Cc2cc3c(cc2[N+](=O)[O-])OCO3)sc1-c1ccccn1. The van der Waals surface area contributed by atoms with Crippen molar-refractivity contribution in [2.75, 3.05) is 12.1 Å². The van der Waals surface area contributed by atoms with Gasteiger partial charge in [0.2, 0.25) is 12.7 Å². The highest BCUT2D eigenvalue weighted by molar-refractivity contribution is 7.19. The monoisotopic (exact) mass is 410 g/mol. The van der Waals surface area contributed by atoms with Crippen LogP contribution in [0.15, 0.2) is 42.6 Å². The van der Waals surface area contributed by atoms with Gasteiger partial charge in [-0.15, -0.1) is 0 Å². The molecule has 0 bridgehead atoms. The minimum atomic E-state index is -0.539. The minimum Gasteiger partial charge on any atom is -0.454 e. The maximum atomic E-state index is 12.3. The molecule has 0 radical (unpaired) electrons. The molecule has 1 aliphatic heterocycles. The van der Waals surface area contributed by atoms with E-state index in [1.165, 1.54) is 35.6 Å². The Kier molecular flexibility index (Phi) is 4.92. The summed E-state index contributed by atoms with van der Waals surface area (Å²) in [6.07, 6.45) is 4.25. The fourth-order valence-corrected chi connectivity index (χ4v) is 3.68. The molecule has 9 nitrogen and oxygen atoms in total. The number of fused-ring (bicyclic) bond motifs is 1. The number of aryl methyl sites for hydroxylation is 1. The number of carbonyl (C=O) groups is 1. The third kappa shape index (κ3) is 3.92. The minimum absolute atomic E-state index is 0.00213. The van der Waals surface area contributed by atoms with Gasteiger partial charge < -0.3 is 9.47 Å². The lowest BCUT2D eigenvalue weighted by Crippen LogP contribution is -2.07. The summed E-state index contributed by atoms with van der Waals surface area (Å²) in [7, 11) is 0. The van der Waals surface area contributed by atoms with Crippen molar-refractivity contribution in [1.82, 2.24) is 9.97 Å². The second-order valence-corrected chi connectivity index (χ2v) is 6.99. The number of benzene rings is 1. The van der Waals surface area contributed by atoms with Crippen LogP contribution in [0.1, 0.15) is 11.3 Å². The van der Waals surface area contributed by atoms with Gasteiger partial charge >= 0.3 is 0 Å². The number of rotatable bonds is 5. The first kappa shape index (κ1) is 18.6. The number of nitro benzene ring substituents is 1. The molecule has 3 heterocycles. The number of pyridine rings is 1. The lowest BCUT2D eigenvalue weighted by molar-refractivity contribution is -0.385. The number of nitrogens with one attached hydrogen (secondary N) is 1. The molecular formula is C19H14N4O5S. The van der Waals surface area contributed by atoms with Gasteiger partial charge in [0.25, 0.3) is 5.69 Å². The Morgan fingerprint density at radius 3 is 2.83 bits per heavy atom. The zero-order valence-electron chi connectivity index (χ0n) is 15.1. The van der Waals surface area contributed by atoms with Gasteiger partial charge in [-0.05, 0) is 31.2 Å². The Balaban J connectivity index is 1.52. The van der Waals surface area contributed by atoms with Crippen LogP contribution in [-0.2, 0) is 4.79 Å². The second kappa shape index (κ2) is 7.68. The van der Waals surface area contributed by atoms with Gasteiger partial charge in [0, 0.05) is 12.3 Å². The highest BCUT2D eigenvalue weighted by atomic mass is 32.1. The number of hydrogen-bond donors (Lipinski definition) is 1. The number of aromatic nitrogens is 2. The molecule has 4 rings (SSSR count). The molecule has 2 aromatic heterocycles. The highest BCUT2D eigenvalue weighted by Gasteiger charge is 2.22. The van der Waals surface area contributed by atoms with E-state index < -0.39 is 10.8 Å². The molecule has 0 atom stereocenters. The zero-order valence-corrected chi connectivity index (χ0v) is 15.9. The quantitative estimate of drug-likeness (QED) is 0.386. The number of nitrogens with zero attached hydrogens (tertiary/aromatic N) is 3. The topological polar surface area (TPSA) is 116 Å². The van der Waals surface area contributed by atoms with Crippen LogP contribution in [0.5, 0.6) is 11.5 Å². The molecule has 29 heavy (non-hydrogen) atoms. The predicted octanol–water partition coefficient (Wildman–Crippen LogP) is 3.80. The van der Waals surface area contributed by atoms with Gasteiger partial charge in [0.1, 0.15) is 0 Å². The van der Waals surface area contributed by atoms with Gasteiger partial charge in [-0.2, -0.15) is 0 Å². The molecule has 1 N–H and O–H groups in total. The Bertz CT molecular complexity index is 1130. The largest absolute Gasteiger partial charge is 0.454 e. The predicted molar refractivity (Wildman–Crippen MR) is 107 cm³/mol. The first-order valence-electron chi connectivity index (χ1n) is 8.47. The molecule has 10 heteroatoms. The van der Waals surface area contributed by atoms with E-state index in [1.807, 2.05) is 25.1 Å². The van der Waals surface area contributed by atoms with Crippen LogP contribution >= 0.6 is 11.3 Å². The van der Waals surface area contributed by atoms with Crippen LogP contribution in [0, 0.1) is 17.0 Å². The van der Waals surface area contributed by atoms with Gasteiger partial charge in [0.15, 0.2) is 16.6 Å². The molecule has 0 unspecified atom stereocenters. The standard InChI is InChI=1S/C19H14N4O5S/c1-11-18(13-4-2-3-7-20-13)29-19(21-11)22-17(24)6-5-12-8-15-16(28-10-27-15)9-14(12)23(25)26/h2-9H,10H2,1H3,(H,21,22,24). The molecule has 3 aromatic rings. The smallest absolute Gasteiger partial charge is 0.280 e. The molecular weight excluding hydrogens is 396 g/mol. The summed E-state index contributed by atoms with van der Waals surface area (Å²) in [5.41, 5.74) is 1.58. The lowest BCUT2D eigenvalue weighted by Gasteiger charge is -2.01. The van der Waals surface area contributed by atoms with E-state index in [0.29, 0.717) is 16.6 Å². The van der Waals surface area contributed by atoms with E-state index in [4.69, 9.17) is 9.47 Å². The summed E-state index contributed by atoms with van der Waals surface area (Å²) in [5, 5.41) is 14.4. The Morgan fingerprint density at radius 2 is 2.10 bits per heavy atom. The number of hydrogen-bond acceptors (Lipinski definition) is 8. The van der Waals surface area contributed by atoms with E-state index in [0.717, 1.165) is 16.3 Å². The Morgan fingerprint density at radius 1 is 1.31 bits per heavy atom. The number of thiazole rings is 1. The third-order valence-electron chi connectivity index (χ3n) is 4.06. The Labute approximate surface area is 168 Å². The molecule has 0 saturated heterocycles. The fraction of sp³-hybridized carbons (Fsp3) is 0.105. The van der Waals surface area contributed by atoms with E-state index in [-0.39, 0.29) is 18.0 Å². The first-order chi connectivity index (χ1) is 14.0. The van der Waals surface area contributed by atoms with Gasteiger partial charge in [0.05, 0.1) is 32.8 Å². The van der Waals surface area contributed by atoms with Crippen molar-refractivity contribution >= 4 is 34.1 Å². The summed E-state index contributed by atoms with van der Waals surface area (Å²) in [4.78, 5) is 32.5. The molecule has 0 spiro atoms. The zero-order chi connectivity index (χ0) is 20.4. The third-order valence-corrected chi connectivity index (χ3v) is 5.15. The van der Waals surface area contributed by atoms with Crippen LogP contribution in [-0.4, -0.2) is 27.6 Å². The molecule has 0 saturated carbocycles. The van der Waals surface area contributed by atoms with Crippen LogP contribution < -0.4 is 14.8 Å². The van der Waals surface area contributed by atoms with E-state index in [2.05, 4.69) is 15.3 Å². The number of nitro groups is 1. The maximum absolute atomic E-state index is 12.3. The summed E-state index contributed by atoms with van der Waals surface area (Å²) in [6, 6.07) is 8.31. The van der Waals surface area contributed by atoms with Gasteiger partial charge in [-0.25, -0.2) is 4.98 Å². The van der Waals surface area contributed by atoms with Gasteiger partial charge in [-0.3, -0.25) is 25.2 Å². The van der Waals surface area contributed by atoms with Crippen molar-refractivity contribution in [3.63, 3.8) is 0 Å².